The first kappa shape index (κ1) is 26.6. The number of likely N-dealkylation sites (tertiary alicyclic amines) is 1. The Bertz CT molecular complexity index is 1300. The zero-order valence-electron chi connectivity index (χ0n) is 22.3. The Morgan fingerprint density at radius 2 is 1.69 bits per heavy atom. The number of hydrogen-bond acceptors (Lipinski definition) is 6. The first-order valence-corrected chi connectivity index (χ1v) is 13.3. The second kappa shape index (κ2) is 11.8. The number of carboxylic acids is 1. The lowest BCUT2D eigenvalue weighted by molar-refractivity contribution is -0.143. The van der Waals surface area contributed by atoms with Crippen molar-refractivity contribution in [3.63, 3.8) is 0 Å². The fourth-order valence-electron chi connectivity index (χ4n) is 5.74. The molecule has 0 bridgehead atoms. The molecule has 0 aliphatic carbocycles. The van der Waals surface area contributed by atoms with E-state index in [1.54, 1.807) is 7.11 Å². The molecule has 0 saturated carbocycles. The maximum atomic E-state index is 13.3. The normalized spacial score (nSPS) is 20.1. The number of nitrogens with zero attached hydrogens (tertiary/aromatic N) is 2. The molecule has 204 valence electrons. The van der Waals surface area contributed by atoms with E-state index in [0.717, 1.165) is 17.5 Å². The average Bonchev–Trinajstić information content (AvgIpc) is 3.60. The van der Waals surface area contributed by atoms with Crippen LogP contribution >= 0.6 is 0 Å². The molecule has 0 aromatic heterocycles. The van der Waals surface area contributed by atoms with Gasteiger partial charge < -0.3 is 24.2 Å². The summed E-state index contributed by atoms with van der Waals surface area (Å²) in [5, 5.41) is 10.5. The molecule has 39 heavy (non-hydrogen) atoms. The van der Waals surface area contributed by atoms with Gasteiger partial charge in [0.15, 0.2) is 11.5 Å². The fourth-order valence-corrected chi connectivity index (χ4v) is 5.74. The number of methoxy groups -OCH3 is 1. The Morgan fingerprint density at radius 1 is 0.974 bits per heavy atom. The maximum Gasteiger partial charge on any atom is 0.309 e. The Morgan fingerprint density at radius 3 is 2.38 bits per heavy atom. The number of carboxylic acid groups (broad SMARTS) is 1. The second-order valence-electron chi connectivity index (χ2n) is 9.95. The molecule has 1 saturated heterocycles. The van der Waals surface area contributed by atoms with Gasteiger partial charge in [0.1, 0.15) is 5.75 Å². The van der Waals surface area contributed by atoms with Crippen LogP contribution in [0.25, 0.3) is 0 Å². The summed E-state index contributed by atoms with van der Waals surface area (Å²) in [7, 11) is 1.61. The average molecular weight is 531 g/mol. The molecule has 1 fully saturated rings. The molecule has 0 spiro atoms. The molecule has 2 aliphatic heterocycles. The summed E-state index contributed by atoms with van der Waals surface area (Å²) in [4.78, 5) is 30.2. The van der Waals surface area contributed by atoms with Crippen LogP contribution in [0.5, 0.6) is 17.2 Å². The van der Waals surface area contributed by atoms with Crippen molar-refractivity contribution in [2.45, 2.75) is 25.3 Å². The molecular formula is C31H34N2O6. The van der Waals surface area contributed by atoms with Gasteiger partial charge in [-0.05, 0) is 53.9 Å². The summed E-state index contributed by atoms with van der Waals surface area (Å²) in [6, 6.07) is 22.2. The van der Waals surface area contributed by atoms with Crippen LogP contribution in [-0.2, 0) is 4.79 Å². The van der Waals surface area contributed by atoms with E-state index in [0.29, 0.717) is 49.0 Å². The summed E-state index contributed by atoms with van der Waals surface area (Å²) in [6.07, 6.45) is 0.831. The van der Waals surface area contributed by atoms with E-state index < -0.39 is 11.9 Å². The third-order valence-electron chi connectivity index (χ3n) is 7.62. The third kappa shape index (κ3) is 5.56. The van der Waals surface area contributed by atoms with E-state index in [1.165, 1.54) is 0 Å². The van der Waals surface area contributed by atoms with E-state index >= 15 is 0 Å². The molecule has 1 amide bonds. The van der Waals surface area contributed by atoms with Crippen molar-refractivity contribution in [3.8, 4) is 17.2 Å². The number of amides is 1. The lowest BCUT2D eigenvalue weighted by atomic mass is 9.82. The molecule has 2 aliphatic rings. The summed E-state index contributed by atoms with van der Waals surface area (Å²) in [5.74, 6) is 0.189. The number of hydrogen-bond donors (Lipinski definition) is 1. The molecule has 3 atom stereocenters. The van der Waals surface area contributed by atoms with Crippen LogP contribution in [0.15, 0.2) is 72.8 Å². The van der Waals surface area contributed by atoms with Gasteiger partial charge in [-0.3, -0.25) is 14.5 Å². The highest BCUT2D eigenvalue weighted by atomic mass is 16.7. The quantitative estimate of drug-likeness (QED) is 0.402. The molecule has 8 nitrogen and oxygen atoms in total. The highest BCUT2D eigenvalue weighted by molar-refractivity contribution is 5.94. The van der Waals surface area contributed by atoms with E-state index in [9.17, 15) is 14.7 Å². The van der Waals surface area contributed by atoms with E-state index in [2.05, 4.69) is 11.8 Å². The summed E-state index contributed by atoms with van der Waals surface area (Å²) in [5.41, 5.74) is 2.46. The smallest absolute Gasteiger partial charge is 0.309 e. The molecule has 3 aromatic carbocycles. The number of carbonyl (C=O) groups is 2. The summed E-state index contributed by atoms with van der Waals surface area (Å²) >= 11 is 0. The number of rotatable bonds is 10. The summed E-state index contributed by atoms with van der Waals surface area (Å²) in [6.45, 7) is 4.41. The van der Waals surface area contributed by atoms with Crippen LogP contribution in [0, 0.1) is 5.92 Å². The summed E-state index contributed by atoms with van der Waals surface area (Å²) < 4.78 is 16.4. The van der Waals surface area contributed by atoms with Crippen molar-refractivity contribution in [2.24, 2.45) is 5.92 Å². The molecule has 2 heterocycles. The molecule has 0 radical (unpaired) electrons. The van der Waals surface area contributed by atoms with Gasteiger partial charge >= 0.3 is 5.97 Å². The van der Waals surface area contributed by atoms with E-state index in [4.69, 9.17) is 14.2 Å². The minimum Gasteiger partial charge on any atom is -0.497 e. The van der Waals surface area contributed by atoms with Crippen LogP contribution < -0.4 is 14.2 Å². The zero-order valence-corrected chi connectivity index (χ0v) is 22.3. The molecule has 3 unspecified atom stereocenters. The lowest BCUT2D eigenvalue weighted by Gasteiger charge is -2.30. The van der Waals surface area contributed by atoms with Crippen molar-refractivity contribution in [1.82, 2.24) is 9.80 Å². The molecule has 3 aromatic rings. The van der Waals surface area contributed by atoms with Crippen molar-refractivity contribution in [1.29, 1.82) is 0 Å². The first-order chi connectivity index (χ1) is 19.0. The van der Waals surface area contributed by atoms with Crippen LogP contribution in [0.2, 0.25) is 0 Å². The van der Waals surface area contributed by atoms with Gasteiger partial charge in [-0.15, -0.1) is 0 Å². The zero-order chi connectivity index (χ0) is 27.4. The minimum atomic E-state index is -0.855. The maximum absolute atomic E-state index is 13.3. The Hall–Kier alpha value is -4.04. The highest BCUT2D eigenvalue weighted by Crippen LogP contribution is 2.47. The Balaban J connectivity index is 1.45. The SMILES string of the molecule is CCCN(CCN1CC(c2ccc3c(c2)OCO3)C(C(=O)O)C1c1ccc(OC)cc1)C(=O)c1ccccc1. The predicted octanol–water partition coefficient (Wildman–Crippen LogP) is 4.82. The van der Waals surface area contributed by atoms with Gasteiger partial charge in [0.05, 0.1) is 13.0 Å². The predicted molar refractivity (Wildman–Crippen MR) is 146 cm³/mol. The molecule has 1 N–H and O–H groups in total. The standard InChI is InChI=1S/C31H34N2O6/c1-3-15-32(30(34)22-7-5-4-6-8-22)16-17-33-19-25(23-11-14-26-27(18-23)39-20-38-26)28(31(35)36)29(33)21-9-12-24(37-2)13-10-21/h4-14,18,25,28-29H,3,15-17,19-20H2,1-2H3,(H,35,36). The monoisotopic (exact) mass is 530 g/mol. The van der Waals surface area contributed by atoms with Crippen LogP contribution in [0.4, 0.5) is 0 Å². The molecule has 5 rings (SSSR count). The third-order valence-corrected chi connectivity index (χ3v) is 7.62. The van der Waals surface area contributed by atoms with Crippen LogP contribution in [0.3, 0.4) is 0 Å². The van der Waals surface area contributed by atoms with Gasteiger partial charge in [-0.2, -0.15) is 0 Å². The number of fused-ring (bicyclic) bond motifs is 1. The second-order valence-corrected chi connectivity index (χ2v) is 9.95. The first-order valence-electron chi connectivity index (χ1n) is 13.3. The van der Waals surface area contributed by atoms with Gasteiger partial charge in [0, 0.05) is 43.7 Å². The van der Waals surface area contributed by atoms with Crippen LogP contribution in [-0.4, -0.2) is 66.9 Å². The molecular weight excluding hydrogens is 496 g/mol. The van der Waals surface area contributed by atoms with Crippen molar-refractivity contribution in [2.75, 3.05) is 40.1 Å². The van der Waals surface area contributed by atoms with Gasteiger partial charge in [0.25, 0.3) is 5.91 Å². The van der Waals surface area contributed by atoms with Gasteiger partial charge in [-0.1, -0.05) is 43.3 Å². The largest absolute Gasteiger partial charge is 0.497 e. The topological polar surface area (TPSA) is 88.5 Å². The van der Waals surface area contributed by atoms with E-state index in [-0.39, 0.29) is 24.7 Å². The lowest BCUT2D eigenvalue weighted by Crippen LogP contribution is -2.39. The number of aliphatic carboxylic acids is 1. The van der Waals surface area contributed by atoms with Crippen molar-refractivity contribution >= 4 is 11.9 Å². The number of carbonyl (C=O) groups excluding carboxylic acids is 1. The minimum absolute atomic E-state index is 0.0141. The Kier molecular flexibility index (Phi) is 8.02. The molecule has 8 heteroatoms. The highest BCUT2D eigenvalue weighted by Gasteiger charge is 2.47. The number of ether oxygens (including phenoxy) is 3. The van der Waals surface area contributed by atoms with Crippen molar-refractivity contribution < 1.29 is 28.9 Å². The van der Waals surface area contributed by atoms with Gasteiger partial charge in [-0.25, -0.2) is 0 Å². The van der Waals surface area contributed by atoms with Crippen LogP contribution in [0.1, 0.15) is 46.8 Å². The van der Waals surface area contributed by atoms with Crippen molar-refractivity contribution in [3.05, 3.63) is 89.5 Å². The fraction of sp³-hybridized carbons (Fsp3) is 0.355. The van der Waals surface area contributed by atoms with E-state index in [1.807, 2.05) is 77.7 Å². The van der Waals surface area contributed by atoms with Gasteiger partial charge in [0.2, 0.25) is 6.79 Å². The number of benzene rings is 3. The Labute approximate surface area is 228 Å².